The molecule has 0 amide bonds. The van der Waals surface area contributed by atoms with Crippen LogP contribution in [-0.4, -0.2) is 22.4 Å². The lowest BCUT2D eigenvalue weighted by atomic mass is 10.2. The van der Waals surface area contributed by atoms with Crippen molar-refractivity contribution in [2.24, 2.45) is 0 Å². The molecule has 0 atom stereocenters. The molecule has 0 spiro atoms. The van der Waals surface area contributed by atoms with Crippen LogP contribution in [0.2, 0.25) is 0 Å². The molecule has 2 rings (SSSR count). The van der Waals surface area contributed by atoms with Crippen molar-refractivity contribution in [2.75, 3.05) is 7.11 Å². The van der Waals surface area contributed by atoms with Crippen LogP contribution in [0.25, 0.3) is 0 Å². The van der Waals surface area contributed by atoms with Crippen LogP contribution in [0, 0.1) is 0 Å². The maximum absolute atomic E-state index is 9.47. The molecule has 0 saturated heterocycles. The molecular weight excluding hydrogens is 248 g/mol. The number of phenols is 2. The lowest BCUT2D eigenvalue weighted by molar-refractivity contribution is 0.275. The third kappa shape index (κ3) is 2.89. The van der Waals surface area contributed by atoms with Crippen LogP contribution in [-0.2, 0) is 6.61 Å². The van der Waals surface area contributed by atoms with E-state index >= 15 is 0 Å². The van der Waals surface area contributed by atoms with Crippen LogP contribution < -0.4 is 9.47 Å². The Bertz CT molecular complexity index is 529. The summed E-state index contributed by atoms with van der Waals surface area (Å²) >= 11 is 0. The monoisotopic (exact) mass is 262 g/mol. The van der Waals surface area contributed by atoms with Crippen molar-refractivity contribution in [2.45, 2.75) is 6.61 Å². The van der Waals surface area contributed by atoms with Gasteiger partial charge in [-0.25, -0.2) is 0 Å². The highest BCUT2D eigenvalue weighted by Gasteiger charge is 2.06. The molecule has 0 saturated carbocycles. The van der Waals surface area contributed by atoms with Gasteiger partial charge < -0.3 is 24.8 Å². The van der Waals surface area contributed by atoms with Gasteiger partial charge in [-0.1, -0.05) is 0 Å². The fraction of sp³-hybridized carbons (Fsp3) is 0.143. The molecule has 0 bridgehead atoms. The minimum atomic E-state index is -0.276. The molecule has 0 fully saturated rings. The van der Waals surface area contributed by atoms with Gasteiger partial charge in [0.2, 0.25) is 0 Å². The summed E-state index contributed by atoms with van der Waals surface area (Å²) in [6.45, 7) is -0.276. The molecule has 0 heterocycles. The van der Waals surface area contributed by atoms with Crippen LogP contribution in [0.15, 0.2) is 36.4 Å². The number of benzene rings is 2. The lowest BCUT2D eigenvalue weighted by Gasteiger charge is -2.10. The van der Waals surface area contributed by atoms with E-state index in [1.807, 2.05) is 0 Å². The summed E-state index contributed by atoms with van der Waals surface area (Å²) in [6, 6.07) is 9.15. The standard InChI is InChI=1S/C14H14O5/c1-18-14-7-11(3-5-13(14)17)19-10-2-4-12(16)9(6-10)8-15/h2-7,15-17H,8H2,1H3. The minimum absolute atomic E-state index is 0.0122. The molecule has 2 aromatic carbocycles. The van der Waals surface area contributed by atoms with Crippen molar-refractivity contribution in [3.8, 4) is 28.7 Å². The van der Waals surface area contributed by atoms with Gasteiger partial charge in [0.1, 0.15) is 17.2 Å². The molecule has 0 aliphatic heterocycles. The van der Waals surface area contributed by atoms with Crippen molar-refractivity contribution in [1.29, 1.82) is 0 Å². The highest BCUT2D eigenvalue weighted by Crippen LogP contribution is 2.33. The Morgan fingerprint density at radius 2 is 1.58 bits per heavy atom. The van der Waals surface area contributed by atoms with Crippen LogP contribution in [0.5, 0.6) is 28.7 Å². The Labute approximate surface area is 110 Å². The average molecular weight is 262 g/mol. The Kier molecular flexibility index (Phi) is 3.77. The highest BCUT2D eigenvalue weighted by molar-refractivity contribution is 5.47. The number of hydrogen-bond acceptors (Lipinski definition) is 5. The predicted molar refractivity (Wildman–Crippen MR) is 68.8 cm³/mol. The van der Waals surface area contributed by atoms with E-state index in [1.165, 1.54) is 25.3 Å². The first kappa shape index (κ1) is 13.0. The third-order valence-corrected chi connectivity index (χ3v) is 2.61. The normalized spacial score (nSPS) is 10.2. The van der Waals surface area contributed by atoms with E-state index in [1.54, 1.807) is 18.2 Å². The highest BCUT2D eigenvalue weighted by atomic mass is 16.5. The summed E-state index contributed by atoms with van der Waals surface area (Å²) in [5, 5.41) is 28.0. The Hall–Kier alpha value is -2.40. The summed E-state index contributed by atoms with van der Waals surface area (Å²) in [5.41, 5.74) is 0.378. The van der Waals surface area contributed by atoms with Gasteiger partial charge in [-0.2, -0.15) is 0 Å². The molecule has 0 aromatic heterocycles. The topological polar surface area (TPSA) is 79.2 Å². The van der Waals surface area contributed by atoms with E-state index in [2.05, 4.69) is 0 Å². The van der Waals surface area contributed by atoms with Gasteiger partial charge in [-0.15, -0.1) is 0 Å². The molecule has 5 nitrogen and oxygen atoms in total. The number of rotatable bonds is 4. The Morgan fingerprint density at radius 3 is 2.21 bits per heavy atom. The van der Waals surface area contributed by atoms with Gasteiger partial charge in [-0.3, -0.25) is 0 Å². The van der Waals surface area contributed by atoms with Gasteiger partial charge in [-0.05, 0) is 30.3 Å². The predicted octanol–water partition coefficient (Wildman–Crippen LogP) is 2.39. The summed E-state index contributed by atoms with van der Waals surface area (Å²) in [7, 11) is 1.45. The van der Waals surface area contributed by atoms with Crippen molar-refractivity contribution < 1.29 is 24.8 Å². The first-order valence-corrected chi connectivity index (χ1v) is 5.61. The van der Waals surface area contributed by atoms with E-state index in [-0.39, 0.29) is 18.1 Å². The maximum Gasteiger partial charge on any atom is 0.164 e. The second-order valence-electron chi connectivity index (χ2n) is 3.88. The van der Waals surface area contributed by atoms with Gasteiger partial charge in [0.05, 0.1) is 13.7 Å². The van der Waals surface area contributed by atoms with Gasteiger partial charge in [0, 0.05) is 11.6 Å². The van der Waals surface area contributed by atoms with Gasteiger partial charge in [0.15, 0.2) is 11.5 Å². The summed E-state index contributed by atoms with van der Waals surface area (Å²) < 4.78 is 10.5. The maximum atomic E-state index is 9.47. The molecule has 0 unspecified atom stereocenters. The second-order valence-corrected chi connectivity index (χ2v) is 3.88. The third-order valence-electron chi connectivity index (χ3n) is 2.61. The van der Waals surface area contributed by atoms with Gasteiger partial charge in [0.25, 0.3) is 0 Å². The smallest absolute Gasteiger partial charge is 0.164 e. The number of hydrogen-bond donors (Lipinski definition) is 3. The van der Waals surface area contributed by atoms with Crippen LogP contribution >= 0.6 is 0 Å². The Balaban J connectivity index is 2.25. The molecule has 0 radical (unpaired) electrons. The zero-order chi connectivity index (χ0) is 13.8. The van der Waals surface area contributed by atoms with Gasteiger partial charge >= 0.3 is 0 Å². The van der Waals surface area contributed by atoms with Crippen molar-refractivity contribution >= 4 is 0 Å². The van der Waals surface area contributed by atoms with E-state index in [4.69, 9.17) is 14.6 Å². The molecule has 3 N–H and O–H groups in total. The van der Waals surface area contributed by atoms with E-state index in [0.29, 0.717) is 22.8 Å². The lowest BCUT2D eigenvalue weighted by Crippen LogP contribution is -1.90. The second kappa shape index (κ2) is 5.49. The van der Waals surface area contributed by atoms with Crippen LogP contribution in [0.1, 0.15) is 5.56 Å². The number of aliphatic hydroxyl groups excluding tert-OH is 1. The van der Waals surface area contributed by atoms with Crippen molar-refractivity contribution in [1.82, 2.24) is 0 Å². The van der Waals surface area contributed by atoms with Crippen molar-refractivity contribution in [3.63, 3.8) is 0 Å². The summed E-state index contributed by atoms with van der Waals surface area (Å²) in [6.07, 6.45) is 0. The summed E-state index contributed by atoms with van der Waals surface area (Å²) in [5.74, 6) is 1.28. The zero-order valence-corrected chi connectivity index (χ0v) is 10.3. The largest absolute Gasteiger partial charge is 0.508 e. The molecule has 19 heavy (non-hydrogen) atoms. The molecular formula is C14H14O5. The first-order chi connectivity index (χ1) is 9.13. The van der Waals surface area contributed by atoms with Crippen LogP contribution in [0.3, 0.4) is 0 Å². The van der Waals surface area contributed by atoms with E-state index in [9.17, 15) is 10.2 Å². The van der Waals surface area contributed by atoms with E-state index in [0.717, 1.165) is 0 Å². The van der Waals surface area contributed by atoms with E-state index < -0.39 is 0 Å². The quantitative estimate of drug-likeness (QED) is 0.788. The summed E-state index contributed by atoms with van der Waals surface area (Å²) in [4.78, 5) is 0. The fourth-order valence-corrected chi connectivity index (χ4v) is 1.61. The number of ether oxygens (including phenoxy) is 2. The molecule has 2 aromatic rings. The fourth-order valence-electron chi connectivity index (χ4n) is 1.61. The molecule has 100 valence electrons. The van der Waals surface area contributed by atoms with Crippen LogP contribution in [0.4, 0.5) is 0 Å². The number of aliphatic hydroxyl groups is 1. The zero-order valence-electron chi connectivity index (χ0n) is 10.3. The molecule has 0 aliphatic rings. The minimum Gasteiger partial charge on any atom is -0.508 e. The number of methoxy groups -OCH3 is 1. The van der Waals surface area contributed by atoms with Crippen molar-refractivity contribution in [3.05, 3.63) is 42.0 Å². The number of aromatic hydroxyl groups is 2. The number of phenolic OH excluding ortho intramolecular Hbond substituents is 1. The average Bonchev–Trinajstić information content (AvgIpc) is 2.43. The Morgan fingerprint density at radius 1 is 0.947 bits per heavy atom. The molecule has 5 heteroatoms. The first-order valence-electron chi connectivity index (χ1n) is 5.61. The molecule has 0 aliphatic carbocycles. The SMILES string of the molecule is COc1cc(Oc2ccc(O)c(CO)c2)ccc1O.